The summed E-state index contributed by atoms with van der Waals surface area (Å²) in [4.78, 5) is 4.26. The van der Waals surface area contributed by atoms with Gasteiger partial charge in [0.2, 0.25) is 0 Å². The number of halogens is 6. The summed E-state index contributed by atoms with van der Waals surface area (Å²) in [7, 11) is 0. The summed E-state index contributed by atoms with van der Waals surface area (Å²) < 4.78 is 84.7. The van der Waals surface area contributed by atoms with E-state index in [-0.39, 0.29) is 28.0 Å². The third-order valence-corrected chi connectivity index (χ3v) is 4.27. The highest BCUT2D eigenvalue weighted by molar-refractivity contribution is 5.84. The van der Waals surface area contributed by atoms with Gasteiger partial charge in [-0.1, -0.05) is 12.1 Å². The van der Waals surface area contributed by atoms with Crippen molar-refractivity contribution in [1.82, 2.24) is 14.8 Å². The van der Waals surface area contributed by atoms with Crippen LogP contribution in [-0.2, 0) is 6.18 Å². The van der Waals surface area contributed by atoms with E-state index in [1.54, 1.807) is 0 Å². The summed E-state index contributed by atoms with van der Waals surface area (Å²) in [6.45, 7) is -3.08. The standard InChI is InChI=1S/C20H11F6N3O/c21-12-4-6-13(7-5-12)29-18-15(10-27-29)16(20(24,25)26)9-17(28-18)11-2-1-3-14(8-11)30-19(22)23/h1-10,19H. The lowest BCUT2D eigenvalue weighted by atomic mass is 10.1. The zero-order chi connectivity index (χ0) is 21.5. The number of ether oxygens (including phenoxy) is 1. The monoisotopic (exact) mass is 423 g/mol. The third-order valence-electron chi connectivity index (χ3n) is 4.27. The summed E-state index contributed by atoms with van der Waals surface area (Å²) in [6, 6.07) is 11.0. The van der Waals surface area contributed by atoms with E-state index in [0.717, 1.165) is 29.1 Å². The van der Waals surface area contributed by atoms with Crippen molar-refractivity contribution in [2.24, 2.45) is 0 Å². The van der Waals surface area contributed by atoms with Crippen LogP contribution in [0.2, 0.25) is 0 Å². The summed E-state index contributed by atoms with van der Waals surface area (Å²) in [5.41, 5.74) is -0.771. The van der Waals surface area contributed by atoms with Crippen molar-refractivity contribution < 1.29 is 31.1 Å². The predicted octanol–water partition coefficient (Wildman–Crippen LogP) is 5.85. The third kappa shape index (κ3) is 3.80. The fourth-order valence-corrected chi connectivity index (χ4v) is 2.99. The Bertz CT molecular complexity index is 1200. The van der Waals surface area contributed by atoms with Crippen molar-refractivity contribution in [3.8, 4) is 22.7 Å². The molecule has 4 nitrogen and oxygen atoms in total. The maximum Gasteiger partial charge on any atom is 0.417 e. The Morgan fingerprint density at radius 3 is 2.37 bits per heavy atom. The Morgan fingerprint density at radius 1 is 0.967 bits per heavy atom. The number of fused-ring (bicyclic) bond motifs is 1. The van der Waals surface area contributed by atoms with Gasteiger partial charge in [-0.25, -0.2) is 14.1 Å². The predicted molar refractivity (Wildman–Crippen MR) is 95.9 cm³/mol. The van der Waals surface area contributed by atoms with E-state index in [0.29, 0.717) is 5.69 Å². The molecule has 0 N–H and O–H groups in total. The molecule has 0 saturated carbocycles. The first-order chi connectivity index (χ1) is 14.2. The Labute approximate surface area is 165 Å². The highest BCUT2D eigenvalue weighted by Crippen LogP contribution is 2.37. The minimum absolute atomic E-state index is 0.113. The van der Waals surface area contributed by atoms with Gasteiger partial charge in [-0.15, -0.1) is 0 Å². The van der Waals surface area contributed by atoms with Gasteiger partial charge in [0.25, 0.3) is 0 Å². The largest absolute Gasteiger partial charge is 0.435 e. The van der Waals surface area contributed by atoms with Crippen LogP contribution in [0.25, 0.3) is 28.0 Å². The summed E-state index contributed by atoms with van der Waals surface area (Å²) >= 11 is 0. The molecular formula is C20H11F6N3O. The van der Waals surface area contributed by atoms with Gasteiger partial charge >= 0.3 is 12.8 Å². The van der Waals surface area contributed by atoms with E-state index < -0.39 is 24.2 Å². The van der Waals surface area contributed by atoms with Crippen molar-refractivity contribution >= 4 is 11.0 Å². The molecule has 154 valence electrons. The molecule has 30 heavy (non-hydrogen) atoms. The Balaban J connectivity index is 1.93. The Hall–Kier alpha value is -3.56. The van der Waals surface area contributed by atoms with Crippen LogP contribution >= 0.6 is 0 Å². The highest BCUT2D eigenvalue weighted by atomic mass is 19.4. The molecule has 2 aromatic carbocycles. The Kier molecular flexibility index (Phi) is 4.84. The summed E-state index contributed by atoms with van der Waals surface area (Å²) in [6.07, 6.45) is -3.70. The van der Waals surface area contributed by atoms with Gasteiger partial charge in [0.15, 0.2) is 5.65 Å². The second-order valence-electron chi connectivity index (χ2n) is 6.23. The average molecular weight is 423 g/mol. The molecule has 0 fully saturated rings. The SMILES string of the molecule is Fc1ccc(-n2ncc3c(C(F)(F)F)cc(-c4cccc(OC(F)F)c4)nc32)cc1. The van der Waals surface area contributed by atoms with Gasteiger partial charge in [0, 0.05) is 5.56 Å². The molecule has 0 spiro atoms. The van der Waals surface area contributed by atoms with E-state index in [1.165, 1.54) is 36.4 Å². The van der Waals surface area contributed by atoms with Crippen LogP contribution in [0.4, 0.5) is 26.3 Å². The molecule has 0 aliphatic heterocycles. The maximum absolute atomic E-state index is 13.7. The fourth-order valence-electron chi connectivity index (χ4n) is 2.99. The van der Waals surface area contributed by atoms with Crippen LogP contribution in [0.5, 0.6) is 5.75 Å². The minimum Gasteiger partial charge on any atom is -0.435 e. The second kappa shape index (κ2) is 7.36. The second-order valence-corrected chi connectivity index (χ2v) is 6.23. The first kappa shape index (κ1) is 19.7. The molecule has 4 rings (SSSR count). The maximum atomic E-state index is 13.7. The number of pyridine rings is 1. The van der Waals surface area contributed by atoms with Crippen LogP contribution < -0.4 is 4.74 Å². The number of rotatable bonds is 4. The first-order valence-electron chi connectivity index (χ1n) is 8.49. The van der Waals surface area contributed by atoms with Gasteiger partial charge in [-0.05, 0) is 42.5 Å². The van der Waals surface area contributed by atoms with Crippen LogP contribution in [0.15, 0.2) is 60.8 Å². The van der Waals surface area contributed by atoms with Gasteiger partial charge < -0.3 is 4.74 Å². The van der Waals surface area contributed by atoms with Crippen molar-refractivity contribution in [3.63, 3.8) is 0 Å². The molecule has 4 aromatic rings. The van der Waals surface area contributed by atoms with Crippen LogP contribution in [-0.4, -0.2) is 21.4 Å². The van der Waals surface area contributed by atoms with Gasteiger partial charge in [-0.2, -0.15) is 27.1 Å². The summed E-state index contributed by atoms with van der Waals surface area (Å²) in [5.74, 6) is -0.735. The molecule has 0 saturated heterocycles. The number of alkyl halides is 5. The van der Waals surface area contributed by atoms with Gasteiger partial charge in [0.1, 0.15) is 11.6 Å². The normalized spacial score (nSPS) is 12.0. The number of hydrogen-bond donors (Lipinski definition) is 0. The molecule has 0 bridgehead atoms. The Morgan fingerprint density at radius 2 is 1.70 bits per heavy atom. The smallest absolute Gasteiger partial charge is 0.417 e. The number of hydrogen-bond acceptors (Lipinski definition) is 3. The molecular weight excluding hydrogens is 412 g/mol. The molecule has 0 atom stereocenters. The quantitative estimate of drug-likeness (QED) is 0.387. The topological polar surface area (TPSA) is 39.9 Å². The zero-order valence-electron chi connectivity index (χ0n) is 14.9. The minimum atomic E-state index is -4.72. The fraction of sp³-hybridized carbons (Fsp3) is 0.100. The number of aromatic nitrogens is 3. The van der Waals surface area contributed by atoms with Gasteiger partial charge in [-0.3, -0.25) is 0 Å². The van der Waals surface area contributed by atoms with Crippen molar-refractivity contribution in [3.05, 3.63) is 72.2 Å². The van der Waals surface area contributed by atoms with Crippen molar-refractivity contribution in [2.45, 2.75) is 12.8 Å². The van der Waals surface area contributed by atoms with Crippen LogP contribution in [0.1, 0.15) is 5.56 Å². The van der Waals surface area contributed by atoms with E-state index in [4.69, 9.17) is 0 Å². The van der Waals surface area contributed by atoms with Crippen molar-refractivity contribution in [2.75, 3.05) is 0 Å². The first-order valence-corrected chi connectivity index (χ1v) is 8.49. The highest BCUT2D eigenvalue weighted by Gasteiger charge is 2.35. The zero-order valence-corrected chi connectivity index (χ0v) is 14.9. The lowest BCUT2D eigenvalue weighted by Crippen LogP contribution is -2.08. The molecule has 0 radical (unpaired) electrons. The average Bonchev–Trinajstić information content (AvgIpc) is 3.10. The van der Waals surface area contributed by atoms with Gasteiger partial charge in [0.05, 0.1) is 28.5 Å². The molecule has 0 aliphatic rings. The van der Waals surface area contributed by atoms with E-state index in [1.807, 2.05) is 0 Å². The van der Waals surface area contributed by atoms with Crippen molar-refractivity contribution in [1.29, 1.82) is 0 Å². The lowest BCUT2D eigenvalue weighted by Gasteiger charge is -2.12. The van der Waals surface area contributed by atoms with Crippen LogP contribution in [0.3, 0.4) is 0 Å². The van der Waals surface area contributed by atoms with E-state index in [9.17, 15) is 26.3 Å². The number of benzene rings is 2. The molecule has 2 heterocycles. The molecule has 2 aromatic heterocycles. The van der Waals surface area contributed by atoms with Crippen LogP contribution in [0, 0.1) is 5.82 Å². The molecule has 0 unspecified atom stereocenters. The summed E-state index contributed by atoms with van der Waals surface area (Å²) in [5, 5.41) is 3.71. The molecule has 10 heteroatoms. The van der Waals surface area contributed by atoms with E-state index >= 15 is 0 Å². The lowest BCUT2D eigenvalue weighted by molar-refractivity contribution is -0.136. The molecule has 0 amide bonds. The molecule has 0 aliphatic carbocycles. The number of nitrogens with zero attached hydrogens (tertiary/aromatic N) is 3. The van der Waals surface area contributed by atoms with E-state index in [2.05, 4.69) is 14.8 Å².